The lowest BCUT2D eigenvalue weighted by atomic mass is 9.95. The summed E-state index contributed by atoms with van der Waals surface area (Å²) >= 11 is 0. The third-order valence-corrected chi connectivity index (χ3v) is 3.71. The Kier molecular flexibility index (Phi) is 9.21. The molecule has 1 rings (SSSR count). The second-order valence-electron chi connectivity index (χ2n) is 5.71. The molecule has 10 heteroatoms. The molecule has 6 N–H and O–H groups in total. The summed E-state index contributed by atoms with van der Waals surface area (Å²) < 4.78 is 76.7. The Balaban J connectivity index is 0.00000576. The van der Waals surface area contributed by atoms with Crippen LogP contribution in [0.2, 0.25) is 0 Å². The molecule has 0 aromatic heterocycles. The minimum absolute atomic E-state index is 0. The Morgan fingerprint density at radius 1 is 0.800 bits per heavy atom. The van der Waals surface area contributed by atoms with E-state index in [9.17, 15) is 26.3 Å². The second kappa shape index (κ2) is 9.61. The molecule has 0 bridgehead atoms. The maximum atomic E-state index is 12.8. The van der Waals surface area contributed by atoms with Crippen molar-refractivity contribution in [2.45, 2.75) is 50.1 Å². The molecule has 25 heavy (non-hydrogen) atoms. The molecule has 0 heterocycles. The van der Waals surface area contributed by atoms with Gasteiger partial charge in [-0.1, -0.05) is 0 Å². The van der Waals surface area contributed by atoms with E-state index in [2.05, 4.69) is 0 Å². The highest BCUT2D eigenvalue weighted by atomic mass is 35.5. The Labute approximate surface area is 148 Å². The van der Waals surface area contributed by atoms with Crippen LogP contribution in [0.5, 0.6) is 0 Å². The second-order valence-corrected chi connectivity index (χ2v) is 5.71. The van der Waals surface area contributed by atoms with Crippen molar-refractivity contribution in [2.75, 3.05) is 6.54 Å². The molecule has 0 fully saturated rings. The van der Waals surface area contributed by atoms with Crippen LogP contribution >= 0.6 is 12.4 Å². The van der Waals surface area contributed by atoms with Crippen LogP contribution in [-0.2, 0) is 18.8 Å². The largest absolute Gasteiger partial charge is 0.416 e. The standard InChI is InChI=1S/C15H21F6N3.ClH/c16-14(17,18)10-6-9(7-11(8-10)15(19,20)21)3-4-13(24)12(23)2-1-5-22;/h6-8,12-13H,1-5,22-24H2;1H. The summed E-state index contributed by atoms with van der Waals surface area (Å²) in [5, 5.41) is 0. The minimum atomic E-state index is -4.85. The van der Waals surface area contributed by atoms with Crippen molar-refractivity contribution >= 4 is 12.4 Å². The Morgan fingerprint density at radius 3 is 1.64 bits per heavy atom. The first-order valence-electron chi connectivity index (χ1n) is 7.44. The lowest BCUT2D eigenvalue weighted by Crippen LogP contribution is -2.41. The van der Waals surface area contributed by atoms with Crippen LogP contribution < -0.4 is 17.2 Å². The van der Waals surface area contributed by atoms with E-state index < -0.39 is 35.6 Å². The summed E-state index contributed by atoms with van der Waals surface area (Å²) in [6.45, 7) is 0.434. The van der Waals surface area contributed by atoms with Crippen molar-refractivity contribution in [3.05, 3.63) is 34.9 Å². The molecule has 0 amide bonds. The zero-order valence-electron chi connectivity index (χ0n) is 13.3. The van der Waals surface area contributed by atoms with Crippen molar-refractivity contribution < 1.29 is 26.3 Å². The molecule has 0 radical (unpaired) electrons. The maximum Gasteiger partial charge on any atom is 0.416 e. The summed E-state index contributed by atoms with van der Waals surface area (Å²) in [6, 6.07) is 0.610. The predicted molar refractivity (Wildman–Crippen MR) is 86.3 cm³/mol. The zero-order chi connectivity index (χ0) is 18.5. The van der Waals surface area contributed by atoms with E-state index in [4.69, 9.17) is 17.2 Å². The van der Waals surface area contributed by atoms with E-state index in [1.54, 1.807) is 0 Å². The molecule has 0 aliphatic rings. The van der Waals surface area contributed by atoms with Crippen LogP contribution in [0, 0.1) is 0 Å². The number of hydrogen-bond donors (Lipinski definition) is 3. The van der Waals surface area contributed by atoms with Gasteiger partial charge in [-0.05, 0) is 56.0 Å². The van der Waals surface area contributed by atoms with Crippen molar-refractivity contribution in [1.29, 1.82) is 0 Å². The van der Waals surface area contributed by atoms with Crippen LogP contribution in [0.4, 0.5) is 26.3 Å². The zero-order valence-corrected chi connectivity index (χ0v) is 14.1. The average Bonchev–Trinajstić information content (AvgIpc) is 2.48. The normalized spacial score (nSPS) is 14.8. The highest BCUT2D eigenvalue weighted by Gasteiger charge is 2.36. The summed E-state index contributed by atoms with van der Waals surface area (Å²) in [7, 11) is 0. The number of halogens is 7. The number of rotatable bonds is 7. The van der Waals surface area contributed by atoms with Gasteiger partial charge in [0.2, 0.25) is 0 Å². The van der Waals surface area contributed by atoms with Gasteiger partial charge in [0.25, 0.3) is 0 Å². The van der Waals surface area contributed by atoms with E-state index in [1.165, 1.54) is 0 Å². The lowest BCUT2D eigenvalue weighted by Gasteiger charge is -2.20. The summed E-state index contributed by atoms with van der Waals surface area (Å²) in [4.78, 5) is 0. The molecule has 1 aromatic carbocycles. The first-order valence-corrected chi connectivity index (χ1v) is 7.44. The molecule has 2 unspecified atom stereocenters. The van der Waals surface area contributed by atoms with E-state index >= 15 is 0 Å². The average molecular weight is 394 g/mol. The van der Waals surface area contributed by atoms with Gasteiger partial charge in [0.15, 0.2) is 0 Å². The van der Waals surface area contributed by atoms with E-state index in [0.29, 0.717) is 31.5 Å². The monoisotopic (exact) mass is 393 g/mol. The molecular formula is C15H22ClF6N3. The summed E-state index contributed by atoms with van der Waals surface area (Å²) in [5.74, 6) is 0. The fourth-order valence-electron chi connectivity index (χ4n) is 2.28. The highest BCUT2D eigenvalue weighted by molar-refractivity contribution is 5.85. The number of aryl methyl sites for hydroxylation is 1. The molecule has 0 aliphatic carbocycles. The van der Waals surface area contributed by atoms with Crippen LogP contribution in [0.1, 0.15) is 36.0 Å². The van der Waals surface area contributed by atoms with Crippen LogP contribution in [0.25, 0.3) is 0 Å². The number of nitrogens with two attached hydrogens (primary N) is 3. The van der Waals surface area contributed by atoms with Gasteiger partial charge in [0.05, 0.1) is 11.1 Å². The Hall–Kier alpha value is -1.03. The molecule has 0 saturated carbocycles. The van der Waals surface area contributed by atoms with Gasteiger partial charge < -0.3 is 17.2 Å². The lowest BCUT2D eigenvalue weighted by molar-refractivity contribution is -0.143. The molecule has 3 nitrogen and oxygen atoms in total. The molecular weight excluding hydrogens is 372 g/mol. The predicted octanol–water partition coefficient (Wildman–Crippen LogP) is 3.47. The Bertz CT molecular complexity index is 501. The minimum Gasteiger partial charge on any atom is -0.330 e. The summed E-state index contributed by atoms with van der Waals surface area (Å²) in [6.07, 6.45) is -8.34. The van der Waals surface area contributed by atoms with Gasteiger partial charge in [-0.3, -0.25) is 0 Å². The van der Waals surface area contributed by atoms with Gasteiger partial charge in [-0.15, -0.1) is 12.4 Å². The van der Waals surface area contributed by atoms with E-state index in [-0.39, 0.29) is 36.9 Å². The quantitative estimate of drug-likeness (QED) is 0.621. The van der Waals surface area contributed by atoms with Crippen LogP contribution in [-0.4, -0.2) is 18.6 Å². The third kappa shape index (κ3) is 7.81. The first kappa shape index (κ1) is 24.0. The number of hydrogen-bond acceptors (Lipinski definition) is 3. The number of benzene rings is 1. The maximum absolute atomic E-state index is 12.8. The molecule has 0 saturated heterocycles. The Morgan fingerprint density at radius 2 is 1.24 bits per heavy atom. The van der Waals surface area contributed by atoms with Gasteiger partial charge in [0.1, 0.15) is 0 Å². The van der Waals surface area contributed by atoms with Gasteiger partial charge in [0, 0.05) is 12.1 Å². The smallest absolute Gasteiger partial charge is 0.330 e. The topological polar surface area (TPSA) is 78.1 Å². The van der Waals surface area contributed by atoms with Gasteiger partial charge >= 0.3 is 12.4 Å². The fraction of sp³-hybridized carbons (Fsp3) is 0.600. The van der Waals surface area contributed by atoms with Crippen LogP contribution in [0.15, 0.2) is 18.2 Å². The summed E-state index contributed by atoms with van der Waals surface area (Å²) in [5.41, 5.74) is 14.3. The van der Waals surface area contributed by atoms with Crippen LogP contribution in [0.3, 0.4) is 0 Å². The number of alkyl halides is 6. The van der Waals surface area contributed by atoms with E-state index in [1.807, 2.05) is 0 Å². The molecule has 2 atom stereocenters. The highest BCUT2D eigenvalue weighted by Crippen LogP contribution is 2.36. The van der Waals surface area contributed by atoms with E-state index in [0.717, 1.165) is 0 Å². The van der Waals surface area contributed by atoms with Crippen molar-refractivity contribution in [2.24, 2.45) is 17.2 Å². The first-order chi connectivity index (χ1) is 10.9. The fourth-order valence-corrected chi connectivity index (χ4v) is 2.28. The van der Waals surface area contributed by atoms with Crippen molar-refractivity contribution in [3.8, 4) is 0 Å². The third-order valence-electron chi connectivity index (χ3n) is 3.71. The molecule has 1 aromatic rings. The molecule has 146 valence electrons. The SMILES string of the molecule is Cl.NCCCC(N)C(N)CCc1cc(C(F)(F)F)cc(C(F)(F)F)c1. The van der Waals surface area contributed by atoms with Crippen molar-refractivity contribution in [1.82, 2.24) is 0 Å². The van der Waals surface area contributed by atoms with Gasteiger partial charge in [-0.25, -0.2) is 0 Å². The molecule has 0 aliphatic heterocycles. The van der Waals surface area contributed by atoms with Gasteiger partial charge in [-0.2, -0.15) is 26.3 Å². The molecule has 0 spiro atoms. The van der Waals surface area contributed by atoms with Crippen molar-refractivity contribution in [3.63, 3.8) is 0 Å².